The zero-order valence-corrected chi connectivity index (χ0v) is 12.7. The summed E-state index contributed by atoms with van der Waals surface area (Å²) in [5, 5.41) is 0. The Hall–Kier alpha value is 0.880. The average Bonchev–Trinajstić information content (AvgIpc) is 1.85. The molecular formula is C9H24Br2N2. The normalized spacial score (nSPS) is 9.69. The van der Waals surface area contributed by atoms with Crippen LogP contribution in [0.15, 0.2) is 0 Å². The van der Waals surface area contributed by atoms with Gasteiger partial charge in [-0.15, -0.1) is 34.0 Å². The van der Waals surface area contributed by atoms with Crippen LogP contribution >= 0.6 is 34.0 Å². The molecule has 0 fully saturated rings. The van der Waals surface area contributed by atoms with E-state index in [4.69, 9.17) is 0 Å². The summed E-state index contributed by atoms with van der Waals surface area (Å²) in [4.78, 5) is 4.49. The summed E-state index contributed by atoms with van der Waals surface area (Å²) in [5.41, 5.74) is 0. The minimum absolute atomic E-state index is 0. The highest BCUT2D eigenvalue weighted by Gasteiger charge is 1.92. The van der Waals surface area contributed by atoms with Crippen molar-refractivity contribution in [3.8, 4) is 0 Å². The highest BCUT2D eigenvalue weighted by molar-refractivity contribution is 8.93. The predicted octanol–water partition coefficient (Wildman–Crippen LogP) is 2.44. The molecule has 0 aromatic carbocycles. The van der Waals surface area contributed by atoms with E-state index in [9.17, 15) is 0 Å². The van der Waals surface area contributed by atoms with Gasteiger partial charge in [0.25, 0.3) is 0 Å². The van der Waals surface area contributed by atoms with Gasteiger partial charge in [0.2, 0.25) is 0 Å². The molecule has 0 saturated heterocycles. The molecular weight excluding hydrogens is 296 g/mol. The molecule has 0 N–H and O–H groups in total. The minimum Gasteiger partial charge on any atom is -0.309 e. The molecule has 0 aliphatic rings. The zero-order valence-electron chi connectivity index (χ0n) is 9.25. The first-order chi connectivity index (χ1) is 5.13. The molecule has 2 nitrogen and oxygen atoms in total. The van der Waals surface area contributed by atoms with E-state index in [-0.39, 0.29) is 34.0 Å². The summed E-state index contributed by atoms with van der Waals surface area (Å²) in [7, 11) is 8.52. The van der Waals surface area contributed by atoms with Gasteiger partial charge in [0.1, 0.15) is 0 Å². The fourth-order valence-electron chi connectivity index (χ4n) is 1.03. The maximum Gasteiger partial charge on any atom is -0.00248 e. The second-order valence-corrected chi connectivity index (χ2v) is 3.67. The van der Waals surface area contributed by atoms with Crippen molar-refractivity contribution < 1.29 is 0 Å². The zero-order chi connectivity index (χ0) is 8.69. The van der Waals surface area contributed by atoms with Gasteiger partial charge >= 0.3 is 0 Å². The quantitative estimate of drug-likeness (QED) is 0.694. The third-order valence-electron chi connectivity index (χ3n) is 1.71. The molecule has 0 radical (unpaired) electrons. The number of rotatable bonds is 6. The smallest absolute Gasteiger partial charge is 0.00248 e. The van der Waals surface area contributed by atoms with Gasteiger partial charge in [-0.2, -0.15) is 0 Å². The van der Waals surface area contributed by atoms with Crippen molar-refractivity contribution in [2.24, 2.45) is 0 Å². The Morgan fingerprint density at radius 3 is 1.15 bits per heavy atom. The maximum absolute atomic E-state index is 2.25. The largest absolute Gasteiger partial charge is 0.309 e. The minimum atomic E-state index is 0. The van der Waals surface area contributed by atoms with E-state index in [1.54, 1.807) is 0 Å². The Labute approximate surface area is 104 Å². The SMILES string of the molecule is Br.Br.CN(C)CCCCCN(C)C. The lowest BCUT2D eigenvalue weighted by molar-refractivity contribution is 0.363. The van der Waals surface area contributed by atoms with Crippen LogP contribution in [0.4, 0.5) is 0 Å². The Morgan fingerprint density at radius 2 is 0.923 bits per heavy atom. The van der Waals surface area contributed by atoms with Crippen LogP contribution in [-0.4, -0.2) is 51.1 Å². The molecule has 0 aliphatic heterocycles. The molecule has 0 heterocycles. The van der Waals surface area contributed by atoms with Crippen molar-refractivity contribution in [3.05, 3.63) is 0 Å². The molecule has 0 aromatic rings. The van der Waals surface area contributed by atoms with Crippen molar-refractivity contribution in [2.45, 2.75) is 19.3 Å². The number of hydrogen-bond donors (Lipinski definition) is 0. The highest BCUT2D eigenvalue weighted by Crippen LogP contribution is 1.96. The number of halogens is 2. The molecule has 0 aromatic heterocycles. The van der Waals surface area contributed by atoms with E-state index in [2.05, 4.69) is 38.0 Å². The Balaban J connectivity index is -0.000000500. The second kappa shape index (κ2) is 12.9. The van der Waals surface area contributed by atoms with Crippen molar-refractivity contribution in [2.75, 3.05) is 41.3 Å². The summed E-state index contributed by atoms with van der Waals surface area (Å²) >= 11 is 0. The predicted molar refractivity (Wildman–Crippen MR) is 71.6 cm³/mol. The monoisotopic (exact) mass is 318 g/mol. The van der Waals surface area contributed by atoms with E-state index in [0.29, 0.717) is 0 Å². The Bertz CT molecular complexity index is 77.7. The molecule has 13 heavy (non-hydrogen) atoms. The van der Waals surface area contributed by atoms with E-state index in [1.807, 2.05) is 0 Å². The van der Waals surface area contributed by atoms with E-state index < -0.39 is 0 Å². The average molecular weight is 320 g/mol. The molecule has 0 rings (SSSR count). The van der Waals surface area contributed by atoms with Crippen LogP contribution in [0.25, 0.3) is 0 Å². The van der Waals surface area contributed by atoms with Gasteiger partial charge in [-0.1, -0.05) is 6.42 Å². The molecule has 0 spiro atoms. The van der Waals surface area contributed by atoms with Gasteiger partial charge < -0.3 is 9.80 Å². The van der Waals surface area contributed by atoms with Gasteiger partial charge in [0.15, 0.2) is 0 Å². The number of nitrogens with zero attached hydrogens (tertiary/aromatic N) is 2. The molecule has 4 heteroatoms. The van der Waals surface area contributed by atoms with Gasteiger partial charge in [0.05, 0.1) is 0 Å². The summed E-state index contributed by atoms with van der Waals surface area (Å²) in [5.74, 6) is 0. The standard InChI is InChI=1S/C9H22N2.2BrH/c1-10(2)8-6-5-7-9-11(3)4;;/h5-9H2,1-4H3;2*1H. The molecule has 84 valence electrons. The van der Waals surface area contributed by atoms with Crippen LogP contribution in [0.1, 0.15) is 19.3 Å². The molecule has 0 unspecified atom stereocenters. The summed E-state index contributed by atoms with van der Waals surface area (Å²) in [6, 6.07) is 0. The lowest BCUT2D eigenvalue weighted by Crippen LogP contribution is -2.15. The summed E-state index contributed by atoms with van der Waals surface area (Å²) in [6.07, 6.45) is 4.03. The van der Waals surface area contributed by atoms with Crippen LogP contribution < -0.4 is 0 Å². The topological polar surface area (TPSA) is 6.48 Å². The number of hydrogen-bond acceptors (Lipinski definition) is 2. The first-order valence-electron chi connectivity index (χ1n) is 4.42. The summed E-state index contributed by atoms with van der Waals surface area (Å²) < 4.78 is 0. The second-order valence-electron chi connectivity index (χ2n) is 3.67. The first-order valence-corrected chi connectivity index (χ1v) is 4.42. The molecule has 0 aliphatic carbocycles. The third-order valence-corrected chi connectivity index (χ3v) is 1.71. The number of unbranched alkanes of at least 4 members (excludes halogenated alkanes) is 2. The third kappa shape index (κ3) is 19.3. The van der Waals surface area contributed by atoms with Crippen LogP contribution in [0.2, 0.25) is 0 Å². The molecule has 0 bridgehead atoms. The van der Waals surface area contributed by atoms with Crippen molar-refractivity contribution >= 4 is 34.0 Å². The Kier molecular flexibility index (Phi) is 19.3. The van der Waals surface area contributed by atoms with Gasteiger partial charge in [-0.3, -0.25) is 0 Å². The van der Waals surface area contributed by atoms with E-state index >= 15 is 0 Å². The van der Waals surface area contributed by atoms with Gasteiger partial charge in [-0.25, -0.2) is 0 Å². The fourth-order valence-corrected chi connectivity index (χ4v) is 1.03. The van der Waals surface area contributed by atoms with Crippen LogP contribution in [0.5, 0.6) is 0 Å². The molecule has 0 amide bonds. The summed E-state index contributed by atoms with van der Waals surface area (Å²) in [6.45, 7) is 2.46. The molecule has 0 atom stereocenters. The van der Waals surface area contributed by atoms with Crippen LogP contribution in [-0.2, 0) is 0 Å². The van der Waals surface area contributed by atoms with Crippen molar-refractivity contribution in [3.63, 3.8) is 0 Å². The Morgan fingerprint density at radius 1 is 0.615 bits per heavy atom. The van der Waals surface area contributed by atoms with E-state index in [1.165, 1.54) is 32.4 Å². The van der Waals surface area contributed by atoms with Crippen LogP contribution in [0, 0.1) is 0 Å². The van der Waals surface area contributed by atoms with Crippen LogP contribution in [0.3, 0.4) is 0 Å². The first kappa shape index (κ1) is 19.5. The molecule has 0 saturated carbocycles. The highest BCUT2D eigenvalue weighted by atomic mass is 79.9. The van der Waals surface area contributed by atoms with Gasteiger partial charge in [-0.05, 0) is 54.1 Å². The fraction of sp³-hybridized carbons (Fsp3) is 1.00. The maximum atomic E-state index is 2.25. The van der Waals surface area contributed by atoms with Crippen molar-refractivity contribution in [1.82, 2.24) is 9.80 Å². The van der Waals surface area contributed by atoms with Crippen molar-refractivity contribution in [1.29, 1.82) is 0 Å². The van der Waals surface area contributed by atoms with Gasteiger partial charge in [0, 0.05) is 0 Å². The lowest BCUT2D eigenvalue weighted by Gasteiger charge is -2.11. The lowest BCUT2D eigenvalue weighted by atomic mass is 10.2. The van der Waals surface area contributed by atoms with E-state index in [0.717, 1.165) is 0 Å².